The van der Waals surface area contributed by atoms with Gasteiger partial charge < -0.3 is 5.11 Å². The van der Waals surface area contributed by atoms with Gasteiger partial charge in [0.2, 0.25) is 5.78 Å². The average molecular weight is 322 g/mol. The van der Waals surface area contributed by atoms with Crippen LogP contribution < -0.4 is 0 Å². The van der Waals surface area contributed by atoms with Crippen molar-refractivity contribution < 1.29 is 27.9 Å². The van der Waals surface area contributed by atoms with Crippen molar-refractivity contribution in [3.8, 4) is 0 Å². The van der Waals surface area contributed by atoms with Crippen LogP contribution in [-0.2, 0) is 19.6 Å². The molecule has 0 atom stereocenters. The van der Waals surface area contributed by atoms with Crippen molar-refractivity contribution in [2.24, 2.45) is 0 Å². The molecule has 0 unspecified atom stereocenters. The van der Waals surface area contributed by atoms with Crippen LogP contribution in [0.1, 0.15) is 16.9 Å². The van der Waals surface area contributed by atoms with Gasteiger partial charge in [0.05, 0.1) is 11.3 Å². The number of carboxylic acid groups (broad SMARTS) is 1. The predicted octanol–water partition coefficient (Wildman–Crippen LogP) is 0.347. The van der Waals surface area contributed by atoms with Crippen LogP contribution in [0, 0.1) is 0 Å². The zero-order chi connectivity index (χ0) is 16.3. The van der Waals surface area contributed by atoms with Gasteiger partial charge in [0.15, 0.2) is 5.78 Å². The minimum atomic E-state index is -3.94. The van der Waals surface area contributed by atoms with Gasteiger partial charge in [-0.3, -0.25) is 9.59 Å². The fraction of sp³-hybridized carbons (Fsp3) is 0.0769. The Hall–Kier alpha value is -2.81. The molecule has 0 amide bonds. The number of carbonyl (C=O) groups excluding carboxylic acids is 2. The Labute approximate surface area is 125 Å². The Morgan fingerprint density at radius 1 is 1.09 bits per heavy atom. The highest BCUT2D eigenvalue weighted by molar-refractivity contribution is 7.89. The third kappa shape index (κ3) is 3.09. The van der Waals surface area contributed by atoms with Gasteiger partial charge >= 0.3 is 5.97 Å². The molecule has 8 nitrogen and oxygen atoms in total. The van der Waals surface area contributed by atoms with E-state index in [1.54, 1.807) is 6.07 Å². The number of nitrogens with zero attached hydrogens (tertiary/aromatic N) is 2. The molecule has 1 heterocycles. The molecule has 2 rings (SSSR count). The van der Waals surface area contributed by atoms with Crippen LogP contribution in [0.15, 0.2) is 47.5 Å². The first kappa shape index (κ1) is 15.6. The number of ketones is 2. The third-order valence-corrected chi connectivity index (χ3v) is 4.26. The second-order valence-electron chi connectivity index (χ2n) is 4.22. The molecule has 114 valence electrons. The zero-order valence-electron chi connectivity index (χ0n) is 11.0. The van der Waals surface area contributed by atoms with Crippen LogP contribution in [0.25, 0.3) is 0 Å². The Morgan fingerprint density at radius 2 is 1.73 bits per heavy atom. The van der Waals surface area contributed by atoms with Crippen molar-refractivity contribution in [3.05, 3.63) is 48.3 Å². The zero-order valence-corrected chi connectivity index (χ0v) is 11.9. The molecular formula is C13H10N2O6S. The number of carbonyl (C=O) groups is 3. The summed E-state index contributed by atoms with van der Waals surface area (Å²) < 4.78 is 25.1. The van der Waals surface area contributed by atoms with E-state index in [2.05, 4.69) is 5.10 Å². The first-order valence-electron chi connectivity index (χ1n) is 5.98. The molecule has 1 aromatic heterocycles. The number of hydrogen-bond donors (Lipinski definition) is 1. The SMILES string of the molecule is O=C(O)C(=O)CC(=O)c1ccn(S(=O)(=O)c2ccccc2)n1. The standard InChI is InChI=1S/C13H10N2O6S/c16-11(8-12(17)13(18)19)10-6-7-15(14-10)22(20,21)9-4-2-1-3-5-9/h1-7H,8H2,(H,18,19). The highest BCUT2D eigenvalue weighted by atomic mass is 32.2. The minimum absolute atomic E-state index is 0.0151. The number of hydrogen-bond acceptors (Lipinski definition) is 6. The molecular weight excluding hydrogens is 312 g/mol. The molecule has 0 spiro atoms. The summed E-state index contributed by atoms with van der Waals surface area (Å²) in [6.45, 7) is 0. The monoisotopic (exact) mass is 322 g/mol. The summed E-state index contributed by atoms with van der Waals surface area (Å²) in [6.07, 6.45) is 0.179. The average Bonchev–Trinajstić information content (AvgIpc) is 2.98. The van der Waals surface area contributed by atoms with E-state index in [0.717, 1.165) is 12.3 Å². The predicted molar refractivity (Wildman–Crippen MR) is 72.8 cm³/mol. The van der Waals surface area contributed by atoms with Crippen LogP contribution >= 0.6 is 0 Å². The molecule has 1 aromatic carbocycles. The number of aliphatic carboxylic acids is 1. The second kappa shape index (κ2) is 5.90. The Morgan fingerprint density at radius 3 is 2.32 bits per heavy atom. The highest BCUT2D eigenvalue weighted by Crippen LogP contribution is 2.13. The van der Waals surface area contributed by atoms with Gasteiger partial charge in [-0.05, 0) is 18.2 Å². The van der Waals surface area contributed by atoms with Crippen molar-refractivity contribution in [2.45, 2.75) is 11.3 Å². The fourth-order valence-corrected chi connectivity index (χ4v) is 2.74. The van der Waals surface area contributed by atoms with E-state index < -0.39 is 34.0 Å². The lowest BCUT2D eigenvalue weighted by molar-refractivity contribution is -0.148. The lowest BCUT2D eigenvalue weighted by atomic mass is 10.1. The maximum atomic E-state index is 12.2. The smallest absolute Gasteiger partial charge is 0.372 e. The number of rotatable bonds is 6. The van der Waals surface area contributed by atoms with Crippen molar-refractivity contribution >= 4 is 27.6 Å². The Bertz CT molecular complexity index is 838. The topological polar surface area (TPSA) is 123 Å². The maximum absolute atomic E-state index is 12.2. The summed E-state index contributed by atoms with van der Waals surface area (Å²) in [5.41, 5.74) is -0.297. The van der Waals surface area contributed by atoms with Crippen molar-refractivity contribution in [3.63, 3.8) is 0 Å². The summed E-state index contributed by atoms with van der Waals surface area (Å²) >= 11 is 0. The van der Waals surface area contributed by atoms with E-state index in [4.69, 9.17) is 5.11 Å². The van der Waals surface area contributed by atoms with Gasteiger partial charge in [0, 0.05) is 6.20 Å². The van der Waals surface area contributed by atoms with Gasteiger partial charge in [-0.15, -0.1) is 0 Å². The number of Topliss-reactive ketones (excluding diaryl/α,β-unsaturated/α-hetero) is 2. The summed E-state index contributed by atoms with van der Waals surface area (Å²) in [4.78, 5) is 33.0. The van der Waals surface area contributed by atoms with E-state index in [0.29, 0.717) is 4.09 Å². The van der Waals surface area contributed by atoms with Crippen LogP contribution in [-0.4, -0.2) is 40.2 Å². The van der Waals surface area contributed by atoms with Crippen LogP contribution in [0.2, 0.25) is 0 Å². The normalized spacial score (nSPS) is 11.1. The van der Waals surface area contributed by atoms with E-state index in [1.807, 2.05) is 0 Å². The number of benzene rings is 1. The van der Waals surface area contributed by atoms with Crippen molar-refractivity contribution in [1.82, 2.24) is 9.19 Å². The second-order valence-corrected chi connectivity index (χ2v) is 6.02. The molecule has 0 aliphatic heterocycles. The summed E-state index contributed by atoms with van der Waals surface area (Å²) in [7, 11) is -3.94. The third-order valence-electron chi connectivity index (χ3n) is 2.70. The summed E-state index contributed by atoms with van der Waals surface area (Å²) in [5, 5.41) is 12.0. The first-order valence-corrected chi connectivity index (χ1v) is 7.42. The van der Waals surface area contributed by atoms with E-state index in [-0.39, 0.29) is 10.6 Å². The molecule has 0 radical (unpaired) electrons. The molecule has 0 fully saturated rings. The fourth-order valence-electron chi connectivity index (χ4n) is 1.60. The summed E-state index contributed by atoms with van der Waals surface area (Å²) in [6, 6.07) is 8.56. The van der Waals surface area contributed by atoms with Crippen LogP contribution in [0.5, 0.6) is 0 Å². The minimum Gasteiger partial charge on any atom is -0.475 e. The molecule has 2 aromatic rings. The molecule has 0 aliphatic rings. The highest BCUT2D eigenvalue weighted by Gasteiger charge is 2.22. The maximum Gasteiger partial charge on any atom is 0.372 e. The Kier molecular flexibility index (Phi) is 4.18. The van der Waals surface area contributed by atoms with Crippen LogP contribution in [0.4, 0.5) is 0 Å². The number of aromatic nitrogens is 2. The summed E-state index contributed by atoms with van der Waals surface area (Å²) in [5.74, 6) is -3.88. The van der Waals surface area contributed by atoms with Crippen LogP contribution in [0.3, 0.4) is 0 Å². The molecule has 1 N–H and O–H groups in total. The largest absolute Gasteiger partial charge is 0.475 e. The lowest BCUT2D eigenvalue weighted by Gasteiger charge is -2.03. The lowest BCUT2D eigenvalue weighted by Crippen LogP contribution is -2.18. The Balaban J connectivity index is 2.27. The molecule has 0 saturated heterocycles. The quantitative estimate of drug-likeness (QED) is 0.462. The number of carboxylic acids is 1. The molecule has 0 aliphatic carbocycles. The van der Waals surface area contributed by atoms with Gasteiger partial charge in [-0.1, -0.05) is 18.2 Å². The van der Waals surface area contributed by atoms with Gasteiger partial charge in [0.25, 0.3) is 10.0 Å². The first-order chi connectivity index (χ1) is 10.3. The molecule has 22 heavy (non-hydrogen) atoms. The molecule has 0 bridgehead atoms. The van der Waals surface area contributed by atoms with Gasteiger partial charge in [0.1, 0.15) is 5.69 Å². The van der Waals surface area contributed by atoms with Gasteiger partial charge in [-0.25, -0.2) is 4.79 Å². The van der Waals surface area contributed by atoms with E-state index >= 15 is 0 Å². The molecule has 0 saturated carbocycles. The van der Waals surface area contributed by atoms with Crippen molar-refractivity contribution in [1.29, 1.82) is 0 Å². The van der Waals surface area contributed by atoms with Crippen molar-refractivity contribution in [2.75, 3.05) is 0 Å². The molecule has 9 heteroatoms. The van der Waals surface area contributed by atoms with Gasteiger partial charge in [-0.2, -0.15) is 17.6 Å². The van der Waals surface area contributed by atoms with E-state index in [9.17, 15) is 22.8 Å². The van der Waals surface area contributed by atoms with E-state index in [1.165, 1.54) is 24.3 Å².